The second-order valence-corrected chi connectivity index (χ2v) is 9.18. The molecular weight excluding hydrogens is 426 g/mol. The van der Waals surface area contributed by atoms with E-state index >= 15 is 0 Å². The number of aromatic nitrogens is 2. The molecule has 34 heavy (non-hydrogen) atoms. The molecule has 1 aliphatic carbocycles. The minimum Gasteiger partial charge on any atom is -0.384 e. The van der Waals surface area contributed by atoms with Crippen molar-refractivity contribution < 1.29 is 9.53 Å². The Hall–Kier alpha value is -3.50. The minimum absolute atomic E-state index is 0.0396. The number of para-hydroxylation sites is 1. The SMILES string of the molecule is COCCC(=O)N1CCN(c2nc(C3CC3)c(-c3cccc4cccnc34)cc2C#N)C[C@H]1C. The summed E-state index contributed by atoms with van der Waals surface area (Å²) in [4.78, 5) is 26.4. The van der Waals surface area contributed by atoms with Crippen LogP contribution in [0.5, 0.6) is 0 Å². The topological polar surface area (TPSA) is 82.3 Å². The maximum atomic E-state index is 12.5. The van der Waals surface area contributed by atoms with Gasteiger partial charge in [0.05, 0.1) is 29.8 Å². The van der Waals surface area contributed by atoms with Crippen LogP contribution in [0.3, 0.4) is 0 Å². The van der Waals surface area contributed by atoms with Gasteiger partial charge in [-0.25, -0.2) is 4.98 Å². The molecule has 5 rings (SSSR count). The van der Waals surface area contributed by atoms with Crippen molar-refractivity contribution in [1.82, 2.24) is 14.9 Å². The quantitative estimate of drug-likeness (QED) is 0.556. The molecule has 2 aromatic heterocycles. The maximum Gasteiger partial charge on any atom is 0.225 e. The summed E-state index contributed by atoms with van der Waals surface area (Å²) in [5, 5.41) is 11.1. The average Bonchev–Trinajstić information content (AvgIpc) is 3.71. The summed E-state index contributed by atoms with van der Waals surface area (Å²) in [5.74, 6) is 1.26. The first-order valence-electron chi connectivity index (χ1n) is 11.9. The summed E-state index contributed by atoms with van der Waals surface area (Å²) in [5.41, 5.74) is 4.59. The highest BCUT2D eigenvalue weighted by molar-refractivity contribution is 5.94. The van der Waals surface area contributed by atoms with Crippen LogP contribution in [0.1, 0.15) is 43.4 Å². The highest BCUT2D eigenvalue weighted by atomic mass is 16.5. The summed E-state index contributed by atoms with van der Waals surface area (Å²) < 4.78 is 5.07. The number of benzene rings is 1. The highest BCUT2D eigenvalue weighted by Crippen LogP contribution is 2.45. The van der Waals surface area contributed by atoms with Crippen LogP contribution in [0, 0.1) is 11.3 Å². The predicted octanol–water partition coefficient (Wildman–Crippen LogP) is 4.12. The number of anilines is 1. The van der Waals surface area contributed by atoms with Gasteiger partial charge in [-0.3, -0.25) is 9.78 Å². The fourth-order valence-electron chi connectivity index (χ4n) is 4.90. The van der Waals surface area contributed by atoms with Crippen LogP contribution in [-0.2, 0) is 9.53 Å². The molecule has 1 saturated carbocycles. The van der Waals surface area contributed by atoms with Crippen LogP contribution in [0.4, 0.5) is 5.82 Å². The van der Waals surface area contributed by atoms with Crippen molar-refractivity contribution >= 4 is 22.6 Å². The fraction of sp³-hybridized carbons (Fsp3) is 0.407. The monoisotopic (exact) mass is 455 g/mol. The summed E-state index contributed by atoms with van der Waals surface area (Å²) >= 11 is 0. The molecule has 2 aliphatic rings. The number of pyridine rings is 2. The molecular formula is C27H29N5O2. The van der Waals surface area contributed by atoms with E-state index in [2.05, 4.69) is 41.1 Å². The normalized spacial score (nSPS) is 18.2. The lowest BCUT2D eigenvalue weighted by atomic mass is 9.96. The van der Waals surface area contributed by atoms with E-state index in [1.54, 1.807) is 7.11 Å². The Balaban J connectivity index is 1.50. The number of nitriles is 1. The number of methoxy groups -OCH3 is 1. The number of amides is 1. The van der Waals surface area contributed by atoms with Crippen LogP contribution in [0.15, 0.2) is 42.6 Å². The number of ether oxygens (including phenoxy) is 1. The van der Waals surface area contributed by atoms with E-state index in [1.807, 2.05) is 29.3 Å². The predicted molar refractivity (Wildman–Crippen MR) is 132 cm³/mol. The first-order chi connectivity index (χ1) is 16.6. The van der Waals surface area contributed by atoms with Crippen LogP contribution >= 0.6 is 0 Å². The lowest BCUT2D eigenvalue weighted by Crippen LogP contribution is -2.54. The second kappa shape index (κ2) is 9.40. The van der Waals surface area contributed by atoms with Gasteiger partial charge in [-0.1, -0.05) is 24.3 Å². The van der Waals surface area contributed by atoms with Gasteiger partial charge >= 0.3 is 0 Å². The Labute approximate surface area is 200 Å². The standard InChI is InChI=1S/C27H29N5O2/c1-18-17-31(12-13-32(18)24(33)10-14-34-2)27-21(16-28)15-23(26(30-27)20-8-9-20)22-7-3-5-19-6-4-11-29-25(19)22/h3-7,11,15,18,20H,8-10,12-14,17H2,1-2H3/t18-/m1/s1. The van der Waals surface area contributed by atoms with Crippen molar-refractivity contribution in [2.45, 2.75) is 38.1 Å². The van der Waals surface area contributed by atoms with Crippen molar-refractivity contribution in [3.05, 3.63) is 53.9 Å². The number of rotatable bonds is 6. The Morgan fingerprint density at radius 3 is 2.76 bits per heavy atom. The number of fused-ring (bicyclic) bond motifs is 1. The molecule has 2 fully saturated rings. The van der Waals surface area contributed by atoms with E-state index < -0.39 is 0 Å². The molecule has 1 saturated heterocycles. The molecule has 0 bridgehead atoms. The van der Waals surface area contributed by atoms with Gasteiger partial charge in [0.25, 0.3) is 0 Å². The van der Waals surface area contributed by atoms with Gasteiger partial charge < -0.3 is 14.5 Å². The van der Waals surface area contributed by atoms with Crippen molar-refractivity contribution in [3.63, 3.8) is 0 Å². The van der Waals surface area contributed by atoms with E-state index in [4.69, 9.17) is 9.72 Å². The molecule has 3 heterocycles. The number of nitrogens with zero attached hydrogens (tertiary/aromatic N) is 5. The van der Waals surface area contributed by atoms with Gasteiger partial charge in [0, 0.05) is 61.4 Å². The molecule has 1 aliphatic heterocycles. The third-order valence-corrected chi connectivity index (χ3v) is 6.81. The Bertz CT molecular complexity index is 1260. The summed E-state index contributed by atoms with van der Waals surface area (Å²) in [6.07, 6.45) is 4.43. The minimum atomic E-state index is 0.0396. The van der Waals surface area contributed by atoms with Crippen molar-refractivity contribution in [3.8, 4) is 17.2 Å². The third-order valence-electron chi connectivity index (χ3n) is 6.81. The summed E-state index contributed by atoms with van der Waals surface area (Å²) in [7, 11) is 1.61. The lowest BCUT2D eigenvalue weighted by Gasteiger charge is -2.41. The first-order valence-corrected chi connectivity index (χ1v) is 11.9. The Morgan fingerprint density at radius 1 is 1.21 bits per heavy atom. The zero-order valence-corrected chi connectivity index (χ0v) is 19.7. The van der Waals surface area contributed by atoms with Gasteiger partial charge in [0.1, 0.15) is 11.9 Å². The molecule has 0 N–H and O–H groups in total. The van der Waals surface area contributed by atoms with Crippen LogP contribution in [0.25, 0.3) is 22.0 Å². The second-order valence-electron chi connectivity index (χ2n) is 9.18. The van der Waals surface area contributed by atoms with E-state index in [0.29, 0.717) is 44.1 Å². The first kappa shape index (κ1) is 22.3. The molecule has 7 heteroatoms. The summed E-state index contributed by atoms with van der Waals surface area (Å²) in [6.45, 7) is 4.41. The van der Waals surface area contributed by atoms with E-state index in [-0.39, 0.29) is 11.9 Å². The van der Waals surface area contributed by atoms with Gasteiger partial charge in [0.2, 0.25) is 5.91 Å². The van der Waals surface area contributed by atoms with Crippen LogP contribution in [0.2, 0.25) is 0 Å². The molecule has 1 atom stereocenters. The number of hydrogen-bond donors (Lipinski definition) is 0. The molecule has 1 amide bonds. The molecule has 3 aromatic rings. The van der Waals surface area contributed by atoms with Crippen LogP contribution in [-0.4, -0.2) is 60.2 Å². The fourth-order valence-corrected chi connectivity index (χ4v) is 4.90. The molecule has 0 radical (unpaired) electrons. The summed E-state index contributed by atoms with van der Waals surface area (Å²) in [6, 6.07) is 14.6. The van der Waals surface area contributed by atoms with Gasteiger partial charge in [0.15, 0.2) is 0 Å². The Kier molecular flexibility index (Phi) is 6.16. The van der Waals surface area contributed by atoms with E-state index in [0.717, 1.165) is 46.4 Å². The average molecular weight is 456 g/mol. The molecule has 1 aromatic carbocycles. The van der Waals surface area contributed by atoms with Crippen molar-refractivity contribution in [1.29, 1.82) is 5.26 Å². The zero-order valence-electron chi connectivity index (χ0n) is 19.7. The Morgan fingerprint density at radius 2 is 2.03 bits per heavy atom. The number of carbonyl (C=O) groups excluding carboxylic acids is 1. The van der Waals surface area contributed by atoms with Crippen LogP contribution < -0.4 is 4.90 Å². The lowest BCUT2D eigenvalue weighted by molar-refractivity contribution is -0.134. The molecule has 174 valence electrons. The highest BCUT2D eigenvalue weighted by Gasteiger charge is 2.33. The van der Waals surface area contributed by atoms with E-state index in [1.165, 1.54) is 0 Å². The number of piperazine rings is 1. The molecule has 0 spiro atoms. The van der Waals surface area contributed by atoms with Crippen molar-refractivity contribution in [2.75, 3.05) is 38.3 Å². The number of hydrogen-bond acceptors (Lipinski definition) is 6. The smallest absolute Gasteiger partial charge is 0.225 e. The van der Waals surface area contributed by atoms with Gasteiger partial charge in [-0.15, -0.1) is 0 Å². The van der Waals surface area contributed by atoms with Gasteiger partial charge in [-0.05, 0) is 31.9 Å². The van der Waals surface area contributed by atoms with Gasteiger partial charge in [-0.2, -0.15) is 5.26 Å². The largest absolute Gasteiger partial charge is 0.384 e. The zero-order chi connectivity index (χ0) is 23.7. The number of carbonyl (C=O) groups is 1. The molecule has 0 unspecified atom stereocenters. The third kappa shape index (κ3) is 4.22. The molecule has 7 nitrogen and oxygen atoms in total. The van der Waals surface area contributed by atoms with E-state index in [9.17, 15) is 10.1 Å². The van der Waals surface area contributed by atoms with Crippen molar-refractivity contribution in [2.24, 2.45) is 0 Å². The maximum absolute atomic E-state index is 12.5.